The molecule has 0 aromatic heterocycles. The maximum absolute atomic E-state index is 12.4. The smallest absolute Gasteiger partial charge is 0.233 e. The second kappa shape index (κ2) is 5.36. The van der Waals surface area contributed by atoms with Gasteiger partial charge in [0, 0.05) is 5.69 Å². The Kier molecular flexibility index (Phi) is 4.20. The van der Waals surface area contributed by atoms with E-state index in [1.165, 1.54) is 0 Å². The molecule has 0 radical (unpaired) electrons. The topological polar surface area (TPSA) is 38.3 Å². The minimum absolute atomic E-state index is 0.143. The number of nitrogens with one attached hydrogen (secondary N) is 1. The number of carbonyl (C=O) groups is 1. The predicted octanol–water partition coefficient (Wildman–Crippen LogP) is 4.65. The number of ether oxygens (including phenoxy) is 1. The van der Waals surface area contributed by atoms with Crippen LogP contribution in [0.5, 0.6) is 5.75 Å². The Hall–Kier alpha value is -0.930. The molecule has 1 aliphatic rings. The third-order valence-electron chi connectivity index (χ3n) is 4.21. The van der Waals surface area contributed by atoms with Crippen LogP contribution in [0, 0.1) is 12.3 Å². The van der Waals surface area contributed by atoms with Gasteiger partial charge >= 0.3 is 0 Å². The van der Waals surface area contributed by atoms with E-state index < -0.39 is 9.75 Å². The first-order chi connectivity index (χ1) is 9.62. The first-order valence-corrected chi connectivity index (χ1v) is 7.76. The summed E-state index contributed by atoms with van der Waals surface area (Å²) < 4.78 is 4.45. The average Bonchev–Trinajstić information content (AvgIpc) is 2.91. The number of amides is 1. The number of hydrogen-bond acceptors (Lipinski definition) is 2. The van der Waals surface area contributed by atoms with Crippen LogP contribution in [0.2, 0.25) is 0 Å². The minimum Gasteiger partial charge on any atom is -0.496 e. The lowest BCUT2D eigenvalue weighted by Crippen LogP contribution is -2.26. The molecule has 0 spiro atoms. The SMILES string of the molecule is COc1cc(C)c(NC(=O)C2(C)CC2(Cl)Cl)cc1C(C)C. The maximum atomic E-state index is 12.4. The molecule has 1 atom stereocenters. The molecule has 1 unspecified atom stereocenters. The number of rotatable bonds is 4. The second-order valence-electron chi connectivity index (χ2n) is 6.23. The van der Waals surface area contributed by atoms with Crippen molar-refractivity contribution in [2.45, 2.75) is 44.4 Å². The number of aryl methyl sites for hydroxylation is 1. The summed E-state index contributed by atoms with van der Waals surface area (Å²) in [7, 11) is 1.65. The number of alkyl halides is 2. The van der Waals surface area contributed by atoms with Gasteiger partial charge in [0.2, 0.25) is 5.91 Å². The molecule has 0 heterocycles. The molecule has 0 bridgehead atoms. The van der Waals surface area contributed by atoms with Gasteiger partial charge < -0.3 is 10.1 Å². The van der Waals surface area contributed by atoms with E-state index in [-0.39, 0.29) is 5.91 Å². The monoisotopic (exact) mass is 329 g/mol. The number of carbonyl (C=O) groups excluding carboxylic acids is 1. The number of halogens is 2. The molecule has 1 aromatic rings. The van der Waals surface area contributed by atoms with Crippen LogP contribution in [0.25, 0.3) is 0 Å². The Morgan fingerprint density at radius 2 is 1.95 bits per heavy atom. The lowest BCUT2D eigenvalue weighted by molar-refractivity contribution is -0.120. The summed E-state index contributed by atoms with van der Waals surface area (Å²) in [6.45, 7) is 7.89. The zero-order valence-corrected chi connectivity index (χ0v) is 14.5. The molecule has 21 heavy (non-hydrogen) atoms. The maximum Gasteiger partial charge on any atom is 0.233 e. The fourth-order valence-corrected chi connectivity index (χ4v) is 3.07. The van der Waals surface area contributed by atoms with Crippen molar-refractivity contribution >= 4 is 34.8 Å². The molecule has 0 saturated heterocycles. The molecule has 1 aromatic carbocycles. The van der Waals surface area contributed by atoms with E-state index in [0.717, 1.165) is 22.6 Å². The summed E-state index contributed by atoms with van der Waals surface area (Å²) in [5, 5.41) is 2.95. The van der Waals surface area contributed by atoms with Gasteiger partial charge in [-0.1, -0.05) is 13.8 Å². The Balaban J connectivity index is 2.29. The molecule has 3 nitrogen and oxygen atoms in total. The molecular formula is C16H21Cl2NO2. The van der Waals surface area contributed by atoms with Crippen molar-refractivity contribution in [2.75, 3.05) is 12.4 Å². The van der Waals surface area contributed by atoms with E-state index in [1.807, 2.05) is 19.1 Å². The second-order valence-corrected chi connectivity index (χ2v) is 7.72. The van der Waals surface area contributed by atoms with Crippen LogP contribution in [0.4, 0.5) is 5.69 Å². The van der Waals surface area contributed by atoms with Gasteiger partial charge in [0.05, 0.1) is 12.5 Å². The first-order valence-electron chi connectivity index (χ1n) is 7.00. The molecule has 1 saturated carbocycles. The van der Waals surface area contributed by atoms with Crippen molar-refractivity contribution < 1.29 is 9.53 Å². The summed E-state index contributed by atoms with van der Waals surface area (Å²) in [4.78, 5) is 12.4. The number of benzene rings is 1. The van der Waals surface area contributed by atoms with Crippen LogP contribution >= 0.6 is 23.2 Å². The third-order valence-corrected chi connectivity index (χ3v) is 5.31. The highest BCUT2D eigenvalue weighted by Gasteiger charge is 2.67. The van der Waals surface area contributed by atoms with Gasteiger partial charge in [-0.05, 0) is 49.4 Å². The average molecular weight is 330 g/mol. The zero-order chi connectivity index (χ0) is 16.0. The summed E-state index contributed by atoms with van der Waals surface area (Å²) in [5.41, 5.74) is 2.06. The van der Waals surface area contributed by atoms with Gasteiger partial charge in [-0.15, -0.1) is 23.2 Å². The summed E-state index contributed by atoms with van der Waals surface area (Å²) in [6.07, 6.45) is 0.473. The fraction of sp³-hybridized carbons (Fsp3) is 0.562. The van der Waals surface area contributed by atoms with Gasteiger partial charge in [0.15, 0.2) is 0 Å². The van der Waals surface area contributed by atoms with Crippen molar-refractivity contribution in [3.63, 3.8) is 0 Å². The Morgan fingerprint density at radius 1 is 1.38 bits per heavy atom. The predicted molar refractivity (Wildman–Crippen MR) is 87.6 cm³/mol. The van der Waals surface area contributed by atoms with E-state index in [0.29, 0.717) is 12.3 Å². The van der Waals surface area contributed by atoms with Crippen molar-refractivity contribution in [1.29, 1.82) is 0 Å². The molecule has 1 fully saturated rings. The van der Waals surface area contributed by atoms with Crippen LogP contribution in [0.15, 0.2) is 12.1 Å². The number of anilines is 1. The highest BCUT2D eigenvalue weighted by Crippen LogP contribution is 2.64. The first kappa shape index (κ1) is 16.4. The molecule has 1 N–H and O–H groups in total. The van der Waals surface area contributed by atoms with Crippen molar-refractivity contribution in [2.24, 2.45) is 5.41 Å². The number of methoxy groups -OCH3 is 1. The van der Waals surface area contributed by atoms with Gasteiger partial charge in [-0.3, -0.25) is 4.79 Å². The number of hydrogen-bond donors (Lipinski definition) is 1. The fourth-order valence-electron chi connectivity index (χ4n) is 2.37. The van der Waals surface area contributed by atoms with Crippen LogP contribution in [-0.2, 0) is 4.79 Å². The van der Waals surface area contributed by atoms with Crippen LogP contribution in [0.3, 0.4) is 0 Å². The molecule has 5 heteroatoms. The lowest BCUT2D eigenvalue weighted by Gasteiger charge is -2.18. The van der Waals surface area contributed by atoms with Crippen LogP contribution in [-0.4, -0.2) is 17.4 Å². The lowest BCUT2D eigenvalue weighted by atomic mass is 9.98. The van der Waals surface area contributed by atoms with Gasteiger partial charge in [-0.25, -0.2) is 0 Å². The quantitative estimate of drug-likeness (QED) is 0.816. The molecule has 0 aliphatic heterocycles. The third kappa shape index (κ3) is 2.86. The Morgan fingerprint density at radius 3 is 2.38 bits per heavy atom. The van der Waals surface area contributed by atoms with Crippen molar-refractivity contribution in [3.8, 4) is 5.75 Å². The van der Waals surface area contributed by atoms with E-state index >= 15 is 0 Å². The van der Waals surface area contributed by atoms with Gasteiger partial charge in [-0.2, -0.15) is 0 Å². The molecule has 116 valence electrons. The molecule has 2 rings (SSSR count). The standard InChI is InChI=1S/C16H21Cl2NO2/c1-9(2)11-7-12(10(3)6-13(11)21-5)19-14(20)15(4)8-16(15,17)18/h6-7,9H,8H2,1-5H3,(H,19,20). The molecule has 1 amide bonds. The summed E-state index contributed by atoms with van der Waals surface area (Å²) in [6, 6.07) is 3.90. The Labute approximate surface area is 136 Å². The minimum atomic E-state index is -0.960. The van der Waals surface area contributed by atoms with Gasteiger partial charge in [0.25, 0.3) is 0 Å². The summed E-state index contributed by atoms with van der Waals surface area (Å²) >= 11 is 12.1. The molecule has 1 aliphatic carbocycles. The highest BCUT2D eigenvalue weighted by atomic mass is 35.5. The highest BCUT2D eigenvalue weighted by molar-refractivity contribution is 6.53. The van der Waals surface area contributed by atoms with Crippen molar-refractivity contribution in [3.05, 3.63) is 23.3 Å². The van der Waals surface area contributed by atoms with Gasteiger partial charge in [0.1, 0.15) is 10.1 Å². The zero-order valence-electron chi connectivity index (χ0n) is 13.0. The summed E-state index contributed by atoms with van der Waals surface area (Å²) in [5.74, 6) is 0.991. The largest absolute Gasteiger partial charge is 0.496 e. The van der Waals surface area contributed by atoms with E-state index in [4.69, 9.17) is 27.9 Å². The van der Waals surface area contributed by atoms with E-state index in [2.05, 4.69) is 19.2 Å². The van der Waals surface area contributed by atoms with Crippen LogP contribution < -0.4 is 10.1 Å². The van der Waals surface area contributed by atoms with E-state index in [9.17, 15) is 4.79 Å². The van der Waals surface area contributed by atoms with Crippen molar-refractivity contribution in [1.82, 2.24) is 0 Å². The van der Waals surface area contributed by atoms with Crippen LogP contribution in [0.1, 0.15) is 44.2 Å². The van der Waals surface area contributed by atoms with E-state index in [1.54, 1.807) is 14.0 Å². The molecular weight excluding hydrogens is 309 g/mol. The normalized spacial score (nSPS) is 23.0. The Bertz CT molecular complexity index is 584.